The topological polar surface area (TPSA) is 76.1 Å². The highest BCUT2D eigenvalue weighted by molar-refractivity contribution is 6.02. The maximum Gasteiger partial charge on any atom is 0.339 e. The van der Waals surface area contributed by atoms with E-state index in [4.69, 9.17) is 9.47 Å². The second-order valence-electron chi connectivity index (χ2n) is 6.94. The van der Waals surface area contributed by atoms with Crippen molar-refractivity contribution in [3.63, 3.8) is 0 Å². The molecule has 2 atom stereocenters. The Morgan fingerprint density at radius 2 is 1.76 bits per heavy atom. The zero-order chi connectivity index (χ0) is 18.8. The highest BCUT2D eigenvalue weighted by Crippen LogP contribution is 2.37. The number of carboxylic acids is 1. The smallest absolute Gasteiger partial charge is 0.339 e. The van der Waals surface area contributed by atoms with Crippen LogP contribution in [0.4, 0.5) is 0 Å². The first kappa shape index (κ1) is 19.4. The number of hydrogen-bond acceptors (Lipinski definition) is 5. The molecular weight excluding hydrogens is 322 g/mol. The molecular formula is C19H27NO5. The molecule has 6 nitrogen and oxygen atoms in total. The van der Waals surface area contributed by atoms with Crippen molar-refractivity contribution in [2.75, 3.05) is 13.2 Å². The molecule has 2 rings (SSSR count). The van der Waals surface area contributed by atoms with Crippen LogP contribution in [0.1, 0.15) is 55.3 Å². The molecule has 1 N–H and O–H groups in total. The van der Waals surface area contributed by atoms with Gasteiger partial charge in [0.05, 0.1) is 17.7 Å². The largest absolute Gasteiger partial charge is 0.478 e. The second-order valence-corrected chi connectivity index (χ2v) is 6.94. The fourth-order valence-electron chi connectivity index (χ4n) is 3.70. The van der Waals surface area contributed by atoms with Crippen molar-refractivity contribution in [1.82, 2.24) is 4.90 Å². The van der Waals surface area contributed by atoms with Gasteiger partial charge in [-0.05, 0) is 38.8 Å². The van der Waals surface area contributed by atoms with Gasteiger partial charge in [0.15, 0.2) is 5.72 Å². The number of carbonyl (C=O) groups is 2. The summed E-state index contributed by atoms with van der Waals surface area (Å²) < 4.78 is 11.8. The predicted octanol–water partition coefficient (Wildman–Crippen LogP) is 3.02. The van der Waals surface area contributed by atoms with Crippen LogP contribution >= 0.6 is 0 Å². The average molecular weight is 349 g/mol. The normalized spacial score (nSPS) is 22.4. The Kier molecular flexibility index (Phi) is 5.85. The van der Waals surface area contributed by atoms with Crippen LogP contribution in [0.3, 0.4) is 0 Å². The van der Waals surface area contributed by atoms with Gasteiger partial charge in [-0.3, -0.25) is 4.90 Å². The van der Waals surface area contributed by atoms with Gasteiger partial charge in [-0.2, -0.15) is 0 Å². The molecule has 0 bridgehead atoms. The Balaban J connectivity index is 2.29. The number of carboxylic acid groups (broad SMARTS) is 1. The second kappa shape index (κ2) is 7.54. The van der Waals surface area contributed by atoms with Crippen molar-refractivity contribution < 1.29 is 24.2 Å². The van der Waals surface area contributed by atoms with Crippen LogP contribution in [-0.4, -0.2) is 53.0 Å². The average Bonchev–Trinajstić information content (AvgIpc) is 3.01. The Labute approximate surface area is 148 Å². The lowest BCUT2D eigenvalue weighted by molar-refractivity contribution is -0.189. The molecule has 25 heavy (non-hydrogen) atoms. The van der Waals surface area contributed by atoms with Gasteiger partial charge in [0.25, 0.3) is 0 Å². The van der Waals surface area contributed by atoms with E-state index in [1.807, 2.05) is 20.8 Å². The number of aromatic carboxylic acids is 1. The highest BCUT2D eigenvalue weighted by Gasteiger charge is 2.52. The lowest BCUT2D eigenvalue weighted by Gasteiger charge is -2.45. The molecule has 1 aliphatic heterocycles. The van der Waals surface area contributed by atoms with Gasteiger partial charge in [0, 0.05) is 12.6 Å². The van der Waals surface area contributed by atoms with Gasteiger partial charge in [-0.25, -0.2) is 9.59 Å². The number of ether oxygens (including phenoxy) is 2. The van der Waals surface area contributed by atoms with Gasteiger partial charge in [-0.1, -0.05) is 26.0 Å². The van der Waals surface area contributed by atoms with Crippen molar-refractivity contribution in [3.05, 3.63) is 35.4 Å². The monoisotopic (exact) mass is 349 g/mol. The summed E-state index contributed by atoms with van der Waals surface area (Å²) in [6.45, 7) is 11.4. The van der Waals surface area contributed by atoms with Crippen molar-refractivity contribution >= 4 is 11.9 Å². The van der Waals surface area contributed by atoms with E-state index in [9.17, 15) is 14.7 Å². The van der Waals surface area contributed by atoms with Crippen LogP contribution in [-0.2, 0) is 9.47 Å². The molecule has 0 aliphatic carbocycles. The highest BCUT2D eigenvalue weighted by atomic mass is 16.6. The molecule has 0 saturated carbocycles. The standard InChI is InChI=1S/C19H27NO5/c1-12(2)19(20(13(3)4)10-11-24-19)14(5)25-18(23)16-9-7-6-8-15(16)17(21)22/h6-9,12-14H,10-11H2,1-5H3,(H,21,22). The van der Waals surface area contributed by atoms with Gasteiger partial charge < -0.3 is 14.6 Å². The summed E-state index contributed by atoms with van der Waals surface area (Å²) in [6.07, 6.45) is -0.549. The third-order valence-corrected chi connectivity index (χ3v) is 4.81. The van der Waals surface area contributed by atoms with E-state index in [0.717, 1.165) is 6.54 Å². The molecule has 0 amide bonds. The van der Waals surface area contributed by atoms with E-state index in [2.05, 4.69) is 18.7 Å². The van der Waals surface area contributed by atoms with Crippen LogP contribution in [0, 0.1) is 5.92 Å². The van der Waals surface area contributed by atoms with E-state index in [1.54, 1.807) is 12.1 Å². The molecule has 1 aromatic rings. The number of benzene rings is 1. The molecule has 0 radical (unpaired) electrons. The lowest BCUT2D eigenvalue weighted by Crippen LogP contribution is -2.60. The summed E-state index contributed by atoms with van der Waals surface area (Å²) in [7, 11) is 0. The Hall–Kier alpha value is -1.92. The first-order valence-electron chi connectivity index (χ1n) is 8.65. The van der Waals surface area contributed by atoms with Crippen LogP contribution in [0.5, 0.6) is 0 Å². The van der Waals surface area contributed by atoms with E-state index in [-0.39, 0.29) is 23.1 Å². The van der Waals surface area contributed by atoms with Crippen molar-refractivity contribution in [2.24, 2.45) is 5.92 Å². The number of rotatable bonds is 6. The minimum Gasteiger partial charge on any atom is -0.478 e. The SMILES string of the molecule is CC(C)N1CCOC1(C(C)C)C(C)OC(=O)c1ccccc1C(=O)O. The van der Waals surface area contributed by atoms with Gasteiger partial charge in [-0.15, -0.1) is 0 Å². The van der Waals surface area contributed by atoms with Gasteiger partial charge >= 0.3 is 11.9 Å². The van der Waals surface area contributed by atoms with E-state index in [0.29, 0.717) is 6.61 Å². The summed E-state index contributed by atoms with van der Waals surface area (Å²) in [5.41, 5.74) is -0.733. The van der Waals surface area contributed by atoms with Crippen molar-refractivity contribution in [1.29, 1.82) is 0 Å². The summed E-state index contributed by atoms with van der Waals surface area (Å²) in [5.74, 6) is -1.71. The third-order valence-electron chi connectivity index (χ3n) is 4.81. The van der Waals surface area contributed by atoms with Crippen LogP contribution in [0.25, 0.3) is 0 Å². The quantitative estimate of drug-likeness (QED) is 0.796. The van der Waals surface area contributed by atoms with E-state index in [1.165, 1.54) is 12.1 Å². The molecule has 138 valence electrons. The van der Waals surface area contributed by atoms with Crippen LogP contribution in [0.15, 0.2) is 24.3 Å². The van der Waals surface area contributed by atoms with Crippen molar-refractivity contribution in [3.8, 4) is 0 Å². The maximum atomic E-state index is 12.6. The number of hydrogen-bond donors (Lipinski definition) is 1. The molecule has 6 heteroatoms. The Bertz CT molecular complexity index is 642. The fraction of sp³-hybridized carbons (Fsp3) is 0.579. The molecule has 1 heterocycles. The fourth-order valence-corrected chi connectivity index (χ4v) is 3.70. The van der Waals surface area contributed by atoms with Crippen molar-refractivity contribution in [2.45, 2.75) is 52.5 Å². The minimum absolute atomic E-state index is 0.0508. The predicted molar refractivity (Wildman–Crippen MR) is 93.6 cm³/mol. The summed E-state index contributed by atoms with van der Waals surface area (Å²) in [4.78, 5) is 26.2. The van der Waals surface area contributed by atoms with E-state index >= 15 is 0 Å². The third kappa shape index (κ3) is 3.55. The summed E-state index contributed by atoms with van der Waals surface area (Å²) >= 11 is 0. The zero-order valence-corrected chi connectivity index (χ0v) is 15.5. The molecule has 1 aromatic carbocycles. The molecule has 1 fully saturated rings. The first-order chi connectivity index (χ1) is 11.7. The molecule has 1 saturated heterocycles. The molecule has 0 aromatic heterocycles. The van der Waals surface area contributed by atoms with E-state index < -0.39 is 23.8 Å². The zero-order valence-electron chi connectivity index (χ0n) is 15.5. The van der Waals surface area contributed by atoms with Gasteiger partial charge in [0.1, 0.15) is 6.10 Å². The summed E-state index contributed by atoms with van der Waals surface area (Å²) in [6, 6.07) is 6.31. The maximum absolute atomic E-state index is 12.6. The number of carbonyl (C=O) groups excluding carboxylic acids is 1. The first-order valence-corrected chi connectivity index (χ1v) is 8.65. The molecule has 2 unspecified atom stereocenters. The Morgan fingerprint density at radius 3 is 2.28 bits per heavy atom. The number of esters is 1. The van der Waals surface area contributed by atoms with Crippen LogP contribution < -0.4 is 0 Å². The summed E-state index contributed by atoms with van der Waals surface area (Å²) in [5, 5.41) is 9.27. The molecule has 0 spiro atoms. The lowest BCUT2D eigenvalue weighted by atomic mass is 9.91. The van der Waals surface area contributed by atoms with Crippen LogP contribution in [0.2, 0.25) is 0 Å². The molecule has 1 aliphatic rings. The minimum atomic E-state index is -1.15. The number of nitrogens with zero attached hydrogens (tertiary/aromatic N) is 1. The Morgan fingerprint density at radius 1 is 1.16 bits per heavy atom. The van der Waals surface area contributed by atoms with Gasteiger partial charge in [0.2, 0.25) is 0 Å².